The number of halogens is 2. The van der Waals surface area contributed by atoms with Crippen LogP contribution in [0.3, 0.4) is 0 Å². The van der Waals surface area contributed by atoms with E-state index in [4.69, 9.17) is 16.3 Å². The maximum absolute atomic E-state index is 12.7. The molecule has 0 atom stereocenters. The number of methoxy groups -OCH3 is 1. The predicted molar refractivity (Wildman–Crippen MR) is 117 cm³/mol. The van der Waals surface area contributed by atoms with Crippen molar-refractivity contribution in [3.8, 4) is 11.4 Å². The number of ether oxygens (including phenoxy) is 1. The van der Waals surface area contributed by atoms with E-state index in [1.54, 1.807) is 42.2 Å². The van der Waals surface area contributed by atoms with Gasteiger partial charge in [0.05, 0.1) is 17.3 Å². The van der Waals surface area contributed by atoms with Gasteiger partial charge in [-0.1, -0.05) is 11.6 Å². The molecule has 0 unspecified atom stereocenters. The summed E-state index contributed by atoms with van der Waals surface area (Å²) in [5, 5.41) is 12.6. The minimum absolute atomic E-state index is 0.221. The molecule has 0 aliphatic heterocycles. The summed E-state index contributed by atoms with van der Waals surface area (Å²) in [6.07, 6.45) is 0. The maximum Gasteiger partial charge on any atom is 0.255 e. The quantitative estimate of drug-likeness (QED) is 0.432. The van der Waals surface area contributed by atoms with Crippen LogP contribution in [-0.2, 0) is 0 Å². The smallest absolute Gasteiger partial charge is 0.255 e. The molecule has 4 rings (SSSR count). The molecule has 4 aromatic rings. The summed E-state index contributed by atoms with van der Waals surface area (Å²) in [6.45, 7) is 1.92. The number of aromatic nitrogens is 3. The number of carbonyl (C=O) groups is 1. The van der Waals surface area contributed by atoms with Gasteiger partial charge in [-0.2, -0.15) is 4.80 Å². The SMILES string of the molecule is COc1ccc(C(=O)Nc2cc3nn(-c4ccc(Cl)cc4)nc3cc2C)cc1Br. The molecule has 29 heavy (non-hydrogen) atoms. The number of benzene rings is 3. The molecule has 0 spiro atoms. The van der Waals surface area contributed by atoms with E-state index in [9.17, 15) is 4.79 Å². The van der Waals surface area contributed by atoms with Gasteiger partial charge < -0.3 is 10.1 Å². The van der Waals surface area contributed by atoms with Crippen molar-refractivity contribution in [2.24, 2.45) is 0 Å². The van der Waals surface area contributed by atoms with E-state index in [1.165, 1.54) is 0 Å². The average molecular weight is 472 g/mol. The molecule has 1 aromatic heterocycles. The fraction of sp³-hybridized carbons (Fsp3) is 0.0952. The number of nitrogens with one attached hydrogen (secondary N) is 1. The Labute approximate surface area is 180 Å². The number of amides is 1. The van der Waals surface area contributed by atoms with Crippen LogP contribution in [0.25, 0.3) is 16.7 Å². The molecule has 0 saturated carbocycles. The lowest BCUT2D eigenvalue weighted by molar-refractivity contribution is 0.102. The zero-order valence-corrected chi connectivity index (χ0v) is 18.0. The van der Waals surface area contributed by atoms with E-state index in [0.717, 1.165) is 16.8 Å². The third-order valence-electron chi connectivity index (χ3n) is 4.45. The van der Waals surface area contributed by atoms with Gasteiger partial charge in [0.2, 0.25) is 0 Å². The zero-order valence-electron chi connectivity index (χ0n) is 15.6. The highest BCUT2D eigenvalue weighted by Crippen LogP contribution is 2.27. The summed E-state index contributed by atoms with van der Waals surface area (Å²) in [5.41, 5.74) is 4.30. The number of aryl methyl sites for hydroxylation is 1. The summed E-state index contributed by atoms with van der Waals surface area (Å²) >= 11 is 9.35. The molecule has 0 radical (unpaired) electrons. The van der Waals surface area contributed by atoms with Crippen LogP contribution >= 0.6 is 27.5 Å². The second-order valence-electron chi connectivity index (χ2n) is 6.43. The number of carbonyl (C=O) groups excluding carboxylic acids is 1. The zero-order chi connectivity index (χ0) is 20.5. The number of rotatable bonds is 4. The first-order valence-electron chi connectivity index (χ1n) is 8.73. The van der Waals surface area contributed by atoms with E-state index in [2.05, 4.69) is 31.4 Å². The van der Waals surface area contributed by atoms with Crippen LogP contribution in [0, 0.1) is 6.92 Å². The summed E-state index contributed by atoms with van der Waals surface area (Å²) in [7, 11) is 1.58. The Morgan fingerprint density at radius 3 is 2.41 bits per heavy atom. The van der Waals surface area contributed by atoms with E-state index in [-0.39, 0.29) is 5.91 Å². The van der Waals surface area contributed by atoms with E-state index in [1.807, 2.05) is 31.2 Å². The van der Waals surface area contributed by atoms with Gasteiger partial charge in [0, 0.05) is 16.3 Å². The fourth-order valence-electron chi connectivity index (χ4n) is 2.89. The van der Waals surface area contributed by atoms with Crippen LogP contribution in [0.4, 0.5) is 5.69 Å². The van der Waals surface area contributed by atoms with Gasteiger partial charge in [0.15, 0.2) is 0 Å². The minimum atomic E-state index is -0.221. The highest BCUT2D eigenvalue weighted by Gasteiger charge is 2.13. The Kier molecular flexibility index (Phi) is 5.25. The van der Waals surface area contributed by atoms with Gasteiger partial charge in [0.25, 0.3) is 5.91 Å². The molecule has 6 nitrogen and oxygen atoms in total. The Balaban J connectivity index is 1.63. The third-order valence-corrected chi connectivity index (χ3v) is 5.32. The van der Waals surface area contributed by atoms with Crippen molar-refractivity contribution in [3.63, 3.8) is 0 Å². The summed E-state index contributed by atoms with van der Waals surface area (Å²) in [5.74, 6) is 0.443. The Hall–Kier alpha value is -2.90. The molecule has 1 N–H and O–H groups in total. The molecular formula is C21H16BrClN4O2. The second kappa shape index (κ2) is 7.85. The minimum Gasteiger partial charge on any atom is -0.496 e. The Morgan fingerprint density at radius 1 is 1.07 bits per heavy atom. The van der Waals surface area contributed by atoms with Gasteiger partial charge in [-0.3, -0.25) is 4.79 Å². The molecular weight excluding hydrogens is 456 g/mol. The maximum atomic E-state index is 12.7. The molecule has 8 heteroatoms. The number of hydrogen-bond acceptors (Lipinski definition) is 4. The molecule has 0 bridgehead atoms. The van der Waals surface area contributed by atoms with Gasteiger partial charge in [-0.25, -0.2) is 0 Å². The summed E-state index contributed by atoms with van der Waals surface area (Å²) < 4.78 is 5.92. The van der Waals surface area contributed by atoms with Gasteiger partial charge in [0.1, 0.15) is 16.8 Å². The van der Waals surface area contributed by atoms with E-state index in [0.29, 0.717) is 32.0 Å². The highest BCUT2D eigenvalue weighted by molar-refractivity contribution is 9.10. The lowest BCUT2D eigenvalue weighted by atomic mass is 10.1. The van der Waals surface area contributed by atoms with Crippen molar-refractivity contribution in [3.05, 3.63) is 75.2 Å². The highest BCUT2D eigenvalue weighted by atomic mass is 79.9. The van der Waals surface area contributed by atoms with Gasteiger partial charge >= 0.3 is 0 Å². The first-order valence-corrected chi connectivity index (χ1v) is 9.90. The summed E-state index contributed by atoms with van der Waals surface area (Å²) in [4.78, 5) is 14.2. The molecule has 1 amide bonds. The van der Waals surface area contributed by atoms with Crippen LogP contribution in [-0.4, -0.2) is 28.0 Å². The molecule has 1 heterocycles. The normalized spacial score (nSPS) is 10.9. The molecule has 0 aliphatic rings. The van der Waals surface area contributed by atoms with E-state index >= 15 is 0 Å². The molecule has 0 aliphatic carbocycles. The number of hydrogen-bond donors (Lipinski definition) is 1. The van der Waals surface area contributed by atoms with Crippen molar-refractivity contribution in [2.45, 2.75) is 6.92 Å². The van der Waals surface area contributed by atoms with Crippen LogP contribution in [0.15, 0.2) is 59.1 Å². The van der Waals surface area contributed by atoms with Gasteiger partial charge in [-0.05, 0) is 83.0 Å². The molecule has 0 saturated heterocycles. The van der Waals surface area contributed by atoms with Crippen LogP contribution in [0.5, 0.6) is 5.75 Å². The van der Waals surface area contributed by atoms with Gasteiger partial charge in [-0.15, -0.1) is 10.2 Å². The van der Waals surface area contributed by atoms with Crippen molar-refractivity contribution < 1.29 is 9.53 Å². The first kappa shape index (κ1) is 19.4. The fourth-order valence-corrected chi connectivity index (χ4v) is 3.56. The lowest BCUT2D eigenvalue weighted by Gasteiger charge is -2.09. The second-order valence-corrected chi connectivity index (χ2v) is 7.72. The standard InChI is InChI=1S/C21H16BrClN4O2/c1-12-9-18-19(26-27(25-18)15-6-4-14(23)5-7-15)11-17(12)24-21(28)13-3-8-20(29-2)16(22)10-13/h3-11H,1-2H3,(H,24,28). The molecule has 0 fully saturated rings. The van der Waals surface area contributed by atoms with Crippen molar-refractivity contribution in [1.29, 1.82) is 0 Å². The average Bonchev–Trinajstić information content (AvgIpc) is 3.11. The van der Waals surface area contributed by atoms with Crippen LogP contribution < -0.4 is 10.1 Å². The Bertz CT molecular complexity index is 1220. The van der Waals surface area contributed by atoms with Crippen molar-refractivity contribution >= 4 is 50.2 Å². The predicted octanol–water partition coefficient (Wildman–Crippen LogP) is 5.41. The monoisotopic (exact) mass is 470 g/mol. The summed E-state index contributed by atoms with van der Waals surface area (Å²) in [6, 6.07) is 16.2. The lowest BCUT2D eigenvalue weighted by Crippen LogP contribution is -2.12. The number of nitrogens with zero attached hydrogens (tertiary/aromatic N) is 3. The van der Waals surface area contributed by atoms with Crippen molar-refractivity contribution in [1.82, 2.24) is 15.0 Å². The Morgan fingerprint density at radius 2 is 1.76 bits per heavy atom. The van der Waals surface area contributed by atoms with Crippen molar-refractivity contribution in [2.75, 3.05) is 12.4 Å². The first-order chi connectivity index (χ1) is 13.9. The number of fused-ring (bicyclic) bond motifs is 1. The van der Waals surface area contributed by atoms with Crippen LogP contribution in [0.2, 0.25) is 5.02 Å². The molecule has 146 valence electrons. The largest absolute Gasteiger partial charge is 0.496 e. The number of anilines is 1. The van der Waals surface area contributed by atoms with E-state index < -0.39 is 0 Å². The molecule has 3 aromatic carbocycles. The van der Waals surface area contributed by atoms with Crippen LogP contribution in [0.1, 0.15) is 15.9 Å². The topological polar surface area (TPSA) is 69.0 Å². The third kappa shape index (κ3) is 3.97.